The molecule has 0 heterocycles. The van der Waals surface area contributed by atoms with Crippen molar-refractivity contribution in [2.75, 3.05) is 5.75 Å². The van der Waals surface area contributed by atoms with Crippen molar-refractivity contribution in [3.05, 3.63) is 0 Å². The van der Waals surface area contributed by atoms with Crippen molar-refractivity contribution in [3.8, 4) is 0 Å². The highest BCUT2D eigenvalue weighted by molar-refractivity contribution is 8.03. The molecule has 140 valence electrons. The van der Waals surface area contributed by atoms with Crippen LogP contribution in [0, 0.1) is 5.92 Å². The Kier molecular flexibility index (Phi) is 7.01. The van der Waals surface area contributed by atoms with Gasteiger partial charge in [0.2, 0.25) is 5.25 Å². The highest BCUT2D eigenvalue weighted by Crippen LogP contribution is 2.33. The number of alkyl halides is 3. The van der Waals surface area contributed by atoms with E-state index in [2.05, 4.69) is 3.63 Å². The van der Waals surface area contributed by atoms with E-state index >= 15 is 0 Å². The summed E-state index contributed by atoms with van der Waals surface area (Å²) < 4.78 is 65.4. The molecule has 0 N–H and O–H groups in total. The summed E-state index contributed by atoms with van der Waals surface area (Å²) in [5.74, 6) is 0.450. The lowest BCUT2D eigenvalue weighted by molar-refractivity contribution is -0.119. The predicted octanol–water partition coefficient (Wildman–Crippen LogP) is 3.87. The fraction of sp³-hybridized carbons (Fsp3) is 0.933. The first-order valence-electron chi connectivity index (χ1n) is 8.44. The Hall–Kier alpha value is -0.280. The maximum atomic E-state index is 12.7. The molecule has 2 saturated carbocycles. The average molecular weight is 389 g/mol. The molecule has 0 saturated heterocycles. The second kappa shape index (κ2) is 8.40. The van der Waals surface area contributed by atoms with Crippen LogP contribution < -0.4 is 0 Å². The van der Waals surface area contributed by atoms with Crippen molar-refractivity contribution in [1.82, 2.24) is 0 Å². The number of ketones is 1. The van der Waals surface area contributed by atoms with Crippen LogP contribution >= 0.6 is 0 Å². The van der Waals surface area contributed by atoms with E-state index in [1.165, 1.54) is 6.42 Å². The summed E-state index contributed by atoms with van der Waals surface area (Å²) in [5, 5.41) is -0.709. The number of Topliss-reactive ketones (excluding diaryl/α,β-unsaturated/α-hetero) is 1. The van der Waals surface area contributed by atoms with Crippen LogP contribution in [0.15, 0.2) is 0 Å². The molecule has 0 aromatic heterocycles. The van der Waals surface area contributed by atoms with E-state index in [0.717, 1.165) is 32.1 Å². The molecule has 0 spiro atoms. The van der Waals surface area contributed by atoms with E-state index in [4.69, 9.17) is 0 Å². The average Bonchev–Trinajstić information content (AvgIpc) is 2.52. The molecule has 0 bridgehead atoms. The number of halogens is 3. The van der Waals surface area contributed by atoms with Gasteiger partial charge in [-0.05, 0) is 28.8 Å². The summed E-state index contributed by atoms with van der Waals surface area (Å²) in [4.78, 5) is 12.1. The second-order valence-electron chi connectivity index (χ2n) is 6.55. The molecule has 2 atom stereocenters. The smallest absolute Gasteiger partial charge is 0.294 e. The summed E-state index contributed by atoms with van der Waals surface area (Å²) >= 11 is -1.52. The zero-order chi connectivity index (χ0) is 17.8. The molecule has 0 aromatic carbocycles. The molecule has 2 aliphatic carbocycles. The minimum absolute atomic E-state index is 0.161. The highest BCUT2D eigenvalue weighted by Gasteiger charge is 2.55. The summed E-state index contributed by atoms with van der Waals surface area (Å²) in [5.41, 5.74) is -5.44. The third-order valence-corrected chi connectivity index (χ3v) is 8.48. The molecular weight excluding hydrogens is 365 g/mol. The van der Waals surface area contributed by atoms with Crippen molar-refractivity contribution in [3.63, 3.8) is 0 Å². The predicted molar refractivity (Wildman–Crippen MR) is 86.7 cm³/mol. The van der Waals surface area contributed by atoms with Gasteiger partial charge in [0.1, 0.15) is 5.75 Å². The van der Waals surface area contributed by atoms with Gasteiger partial charge in [0, 0.05) is 12.8 Å². The summed E-state index contributed by atoms with van der Waals surface area (Å²) in [6.07, 6.45) is 8.17. The molecule has 0 amide bonds. The maximum Gasteiger partial charge on any atom is 0.527 e. The van der Waals surface area contributed by atoms with E-state index in [1.54, 1.807) is 0 Å². The van der Waals surface area contributed by atoms with Crippen LogP contribution in [0.5, 0.6) is 0 Å². The van der Waals surface area contributed by atoms with E-state index in [9.17, 15) is 26.4 Å². The first-order chi connectivity index (χ1) is 11.2. The normalized spacial score (nSPS) is 25.6. The van der Waals surface area contributed by atoms with Crippen molar-refractivity contribution >= 4 is 27.1 Å². The highest BCUT2D eigenvalue weighted by atomic mass is 32.3. The van der Waals surface area contributed by atoms with Crippen molar-refractivity contribution < 1.29 is 30.0 Å². The van der Waals surface area contributed by atoms with Crippen molar-refractivity contribution in [2.24, 2.45) is 5.92 Å². The fourth-order valence-corrected chi connectivity index (χ4v) is 6.94. The molecule has 2 unspecified atom stereocenters. The molecular formula is C15H24F3O4S2+. The molecule has 2 aliphatic rings. The molecule has 2 rings (SSSR count). The van der Waals surface area contributed by atoms with Gasteiger partial charge in [0.15, 0.2) is 17.0 Å². The lowest BCUT2D eigenvalue weighted by atomic mass is 9.88. The van der Waals surface area contributed by atoms with Gasteiger partial charge in [0.05, 0.1) is 0 Å². The summed E-state index contributed by atoms with van der Waals surface area (Å²) in [6.45, 7) is 0. The summed E-state index contributed by atoms with van der Waals surface area (Å²) in [6, 6.07) is 0. The number of hydrogen-bond acceptors (Lipinski definition) is 4. The number of carbonyl (C=O) groups excluding carboxylic acids is 1. The van der Waals surface area contributed by atoms with Crippen LogP contribution in [-0.4, -0.2) is 30.7 Å². The minimum atomic E-state index is -5.66. The molecule has 4 nitrogen and oxygen atoms in total. The van der Waals surface area contributed by atoms with Crippen LogP contribution in [0.1, 0.15) is 64.2 Å². The van der Waals surface area contributed by atoms with Gasteiger partial charge in [-0.3, -0.25) is 4.79 Å². The Balaban J connectivity index is 2.06. The van der Waals surface area contributed by atoms with Gasteiger partial charge in [-0.25, -0.2) is 0 Å². The molecule has 0 aromatic rings. The Morgan fingerprint density at radius 2 is 1.67 bits per heavy atom. The van der Waals surface area contributed by atoms with Crippen LogP contribution in [0.4, 0.5) is 13.2 Å². The first kappa shape index (κ1) is 20.0. The molecule has 2 fully saturated rings. The zero-order valence-corrected chi connectivity index (χ0v) is 15.1. The lowest BCUT2D eigenvalue weighted by Gasteiger charge is -2.23. The third-order valence-electron chi connectivity index (χ3n) is 4.73. The monoisotopic (exact) mass is 389 g/mol. The van der Waals surface area contributed by atoms with E-state index in [-0.39, 0.29) is 11.5 Å². The number of carbonyl (C=O) groups is 1. The molecule has 9 heteroatoms. The molecule has 0 radical (unpaired) electrons. The molecule has 0 aliphatic heterocycles. The topological polar surface area (TPSA) is 60.4 Å². The van der Waals surface area contributed by atoms with E-state index in [0.29, 0.717) is 31.6 Å². The second-order valence-corrected chi connectivity index (χ2v) is 10.2. The largest absolute Gasteiger partial charge is 0.527 e. The summed E-state index contributed by atoms with van der Waals surface area (Å²) in [7, 11) is -5.66. The van der Waals surface area contributed by atoms with Crippen LogP contribution in [0.2, 0.25) is 0 Å². The standard InChI is InChI=1S/C15H24F3O4S2/c16-15(17,18)24(20,21)22-23(14-9-5-4-8-13(14)19)11-10-12-6-2-1-3-7-12/h12,14H,1-11H2/q+1. The van der Waals surface area contributed by atoms with Gasteiger partial charge in [-0.15, -0.1) is 0 Å². The maximum absolute atomic E-state index is 12.7. The molecule has 24 heavy (non-hydrogen) atoms. The van der Waals surface area contributed by atoms with E-state index < -0.39 is 32.1 Å². The Labute approximate surface area is 144 Å². The number of rotatable bonds is 6. The Morgan fingerprint density at radius 3 is 2.25 bits per heavy atom. The van der Waals surface area contributed by atoms with E-state index in [1.807, 2.05) is 0 Å². The van der Waals surface area contributed by atoms with Crippen LogP contribution in [-0.2, 0) is 29.7 Å². The lowest BCUT2D eigenvalue weighted by Crippen LogP contribution is -2.40. The van der Waals surface area contributed by atoms with Crippen LogP contribution in [0.3, 0.4) is 0 Å². The zero-order valence-electron chi connectivity index (χ0n) is 13.5. The minimum Gasteiger partial charge on any atom is -0.294 e. The van der Waals surface area contributed by atoms with Crippen molar-refractivity contribution in [1.29, 1.82) is 0 Å². The third kappa shape index (κ3) is 5.36. The van der Waals surface area contributed by atoms with Gasteiger partial charge >= 0.3 is 15.6 Å². The number of hydrogen-bond donors (Lipinski definition) is 0. The van der Waals surface area contributed by atoms with Crippen molar-refractivity contribution in [2.45, 2.75) is 75.0 Å². The van der Waals surface area contributed by atoms with Gasteiger partial charge in [0.25, 0.3) is 0 Å². The Morgan fingerprint density at radius 1 is 1.04 bits per heavy atom. The fourth-order valence-electron chi connectivity index (χ4n) is 3.36. The SMILES string of the molecule is O=C1CCCCC1[S+](CCC1CCCCC1)OS(=O)(=O)C(F)(F)F. The van der Waals surface area contributed by atoms with Gasteiger partial charge in [-0.2, -0.15) is 21.6 Å². The first-order valence-corrected chi connectivity index (χ1v) is 11.2. The quantitative estimate of drug-likeness (QED) is 0.511. The van der Waals surface area contributed by atoms with Gasteiger partial charge < -0.3 is 0 Å². The van der Waals surface area contributed by atoms with Gasteiger partial charge in [-0.1, -0.05) is 32.1 Å². The van der Waals surface area contributed by atoms with Crippen LogP contribution in [0.25, 0.3) is 0 Å². The Bertz CT molecular complexity index is 527.